The molecule has 0 radical (unpaired) electrons. The van der Waals surface area contributed by atoms with Crippen LogP contribution in [0.1, 0.15) is 19.8 Å². The second kappa shape index (κ2) is 6.68. The molecule has 0 amide bonds. The molecule has 0 spiro atoms. The predicted molar refractivity (Wildman–Crippen MR) is 74.5 cm³/mol. The first-order valence-corrected chi connectivity index (χ1v) is 7.86. The summed E-state index contributed by atoms with van der Waals surface area (Å²) in [5, 5.41) is 0. The van der Waals surface area contributed by atoms with Crippen LogP contribution in [0.4, 0.5) is 0 Å². The molecule has 2 rings (SSSR count). The summed E-state index contributed by atoms with van der Waals surface area (Å²) in [7, 11) is 0. The maximum absolute atomic E-state index is 2.35. The Labute approximate surface area is 127 Å². The third-order valence-corrected chi connectivity index (χ3v) is 6.04. The van der Waals surface area contributed by atoms with Gasteiger partial charge in [0.2, 0.25) is 0 Å². The molecular formula is C12H14ClS2Zr. The number of rotatable bonds is 4. The van der Waals surface area contributed by atoms with Gasteiger partial charge in [0.25, 0.3) is 0 Å². The van der Waals surface area contributed by atoms with Crippen molar-refractivity contribution in [2.75, 3.05) is 0 Å². The van der Waals surface area contributed by atoms with E-state index in [1.807, 2.05) is 23.5 Å². The molecule has 2 aliphatic carbocycles. The molecular weight excluding hydrogens is 335 g/mol. The van der Waals surface area contributed by atoms with Gasteiger partial charge in [0.1, 0.15) is 0 Å². The minimum absolute atomic E-state index is 0. The molecule has 0 bridgehead atoms. The first kappa shape index (κ1) is 14.9. The van der Waals surface area contributed by atoms with Crippen LogP contribution in [0.15, 0.2) is 46.3 Å². The van der Waals surface area contributed by atoms with Crippen molar-refractivity contribution in [3.05, 3.63) is 46.3 Å². The first-order valence-electron chi connectivity index (χ1n) is 5.00. The van der Waals surface area contributed by atoms with Crippen molar-refractivity contribution in [1.29, 1.82) is 0 Å². The molecule has 2 aliphatic rings. The van der Waals surface area contributed by atoms with Gasteiger partial charge in [-0.05, 0) is 0 Å². The standard InChI is InChI=1S/C12H13S2.ClH.Zr/c1-10(13-11-6-2-3-7-11)14-12-8-4-5-9-12;;/h2-6,8H,7,9H2,1H3;1H;. The van der Waals surface area contributed by atoms with Crippen LogP contribution in [-0.2, 0) is 24.7 Å². The van der Waals surface area contributed by atoms with Crippen LogP contribution in [-0.4, -0.2) is 1.79 Å². The van der Waals surface area contributed by atoms with Crippen LogP contribution in [0.2, 0.25) is 0 Å². The Morgan fingerprint density at radius 1 is 1.06 bits per heavy atom. The first-order chi connectivity index (χ1) is 7.16. The van der Waals surface area contributed by atoms with E-state index in [-0.39, 0.29) is 12.4 Å². The van der Waals surface area contributed by atoms with Gasteiger partial charge in [-0.25, -0.2) is 0 Å². The van der Waals surface area contributed by atoms with Gasteiger partial charge in [-0.3, -0.25) is 0 Å². The third kappa shape index (κ3) is 4.60. The number of halogens is 1. The van der Waals surface area contributed by atoms with Gasteiger partial charge in [-0.15, -0.1) is 12.4 Å². The topological polar surface area (TPSA) is 0 Å². The Bertz CT molecular complexity index is 333. The maximum atomic E-state index is 2.35. The van der Waals surface area contributed by atoms with E-state index >= 15 is 0 Å². The Morgan fingerprint density at radius 2 is 1.50 bits per heavy atom. The molecule has 0 unspecified atom stereocenters. The number of thioether (sulfide) groups is 2. The molecule has 4 heteroatoms. The van der Waals surface area contributed by atoms with Crippen LogP contribution in [0.25, 0.3) is 0 Å². The van der Waals surface area contributed by atoms with Crippen LogP contribution < -0.4 is 0 Å². The summed E-state index contributed by atoms with van der Waals surface area (Å²) in [4.78, 5) is 3.02. The smallest absolute Gasteiger partial charge is 0.147 e. The van der Waals surface area contributed by atoms with Gasteiger partial charge in [0.15, 0.2) is 0 Å². The predicted octanol–water partition coefficient (Wildman–Crippen LogP) is 4.78. The molecule has 0 heterocycles. The number of hydrogen-bond acceptors (Lipinski definition) is 2. The molecule has 0 aromatic heterocycles. The monoisotopic (exact) mass is 347 g/mol. The molecule has 0 saturated carbocycles. The van der Waals surface area contributed by atoms with Gasteiger partial charge in [0, 0.05) is 0 Å². The largest absolute Gasteiger partial charge is 0.147 e. The van der Waals surface area contributed by atoms with Crippen molar-refractivity contribution in [2.24, 2.45) is 0 Å². The molecule has 0 fully saturated rings. The quantitative estimate of drug-likeness (QED) is 0.670. The summed E-state index contributed by atoms with van der Waals surface area (Å²) in [6.45, 7) is 2.35. The van der Waals surface area contributed by atoms with Crippen molar-refractivity contribution in [3.63, 3.8) is 0 Å². The van der Waals surface area contributed by atoms with Crippen molar-refractivity contribution in [3.8, 4) is 0 Å². The van der Waals surface area contributed by atoms with E-state index in [9.17, 15) is 0 Å². The fourth-order valence-corrected chi connectivity index (χ4v) is 5.92. The van der Waals surface area contributed by atoms with E-state index in [0.717, 1.165) is 12.8 Å². The van der Waals surface area contributed by atoms with Gasteiger partial charge < -0.3 is 0 Å². The van der Waals surface area contributed by atoms with Crippen LogP contribution in [0, 0.1) is 0 Å². The summed E-state index contributed by atoms with van der Waals surface area (Å²) < 4.78 is 0.336. The van der Waals surface area contributed by atoms with E-state index in [1.165, 1.54) is 9.81 Å². The van der Waals surface area contributed by atoms with Crippen molar-refractivity contribution in [2.45, 2.75) is 21.6 Å². The molecule has 0 aromatic carbocycles. The molecule has 16 heavy (non-hydrogen) atoms. The number of hydrogen-bond donors (Lipinski definition) is 0. The molecule has 0 aliphatic heterocycles. The van der Waals surface area contributed by atoms with Crippen molar-refractivity contribution >= 4 is 35.9 Å². The number of allylic oxidation sites excluding steroid dienone is 8. The van der Waals surface area contributed by atoms with Gasteiger partial charge in [0.05, 0.1) is 0 Å². The second-order valence-electron chi connectivity index (χ2n) is 3.68. The SMILES string of the molecule is C[C]([Zr])(SC1=CC=CC1)SC1=CC=CC1.Cl. The van der Waals surface area contributed by atoms with Crippen LogP contribution in [0.5, 0.6) is 0 Å². The Hall–Kier alpha value is 0.833. The zero-order valence-electron chi connectivity index (χ0n) is 9.10. The van der Waals surface area contributed by atoms with Crippen LogP contribution in [0.3, 0.4) is 0 Å². The zero-order valence-corrected chi connectivity index (χ0v) is 14.0. The van der Waals surface area contributed by atoms with Gasteiger partial charge in [-0.2, -0.15) is 0 Å². The molecule has 85 valence electrons. The van der Waals surface area contributed by atoms with Gasteiger partial charge in [-0.1, -0.05) is 0 Å². The van der Waals surface area contributed by atoms with E-state index in [0.29, 0.717) is 1.79 Å². The normalized spacial score (nSPS) is 18.2. The molecule has 0 nitrogen and oxygen atoms in total. The average Bonchev–Trinajstić information content (AvgIpc) is 2.75. The summed E-state index contributed by atoms with van der Waals surface area (Å²) in [5.41, 5.74) is 0. The Kier molecular flexibility index (Phi) is 6.22. The summed E-state index contributed by atoms with van der Waals surface area (Å²) in [6.07, 6.45) is 15.5. The van der Waals surface area contributed by atoms with Gasteiger partial charge >= 0.3 is 116 Å². The zero-order chi connectivity index (χ0) is 10.7. The minimum atomic E-state index is 0. The Balaban J connectivity index is 0.00000128. The van der Waals surface area contributed by atoms with Crippen molar-refractivity contribution < 1.29 is 24.7 Å². The fraction of sp³-hybridized carbons (Fsp3) is 0.333. The van der Waals surface area contributed by atoms with E-state index in [1.54, 1.807) is 24.7 Å². The van der Waals surface area contributed by atoms with Crippen LogP contribution >= 0.6 is 35.9 Å². The maximum Gasteiger partial charge on any atom is -0.147 e. The Morgan fingerprint density at radius 3 is 1.81 bits per heavy atom. The average molecular weight is 349 g/mol. The van der Waals surface area contributed by atoms with E-state index < -0.39 is 0 Å². The molecule has 0 saturated heterocycles. The van der Waals surface area contributed by atoms with Crippen molar-refractivity contribution in [1.82, 2.24) is 0 Å². The second-order valence-corrected chi connectivity index (χ2v) is 11.3. The minimum Gasteiger partial charge on any atom is -0.147 e. The summed E-state index contributed by atoms with van der Waals surface area (Å²) in [5.74, 6) is 0. The third-order valence-electron chi connectivity index (χ3n) is 2.13. The fourth-order valence-electron chi connectivity index (χ4n) is 1.53. The molecule has 0 atom stereocenters. The van der Waals surface area contributed by atoms with E-state index in [2.05, 4.69) is 43.4 Å². The molecule has 0 N–H and O–H groups in total. The molecule has 0 aromatic rings. The summed E-state index contributed by atoms with van der Waals surface area (Å²) in [6, 6.07) is 0. The summed E-state index contributed by atoms with van der Waals surface area (Å²) >= 11 is 5.65. The van der Waals surface area contributed by atoms with E-state index in [4.69, 9.17) is 0 Å².